The highest BCUT2D eigenvalue weighted by atomic mass is 35.5. The minimum Gasteiger partial charge on any atom is -0.258 e. The molecule has 0 aliphatic rings. The smallest absolute Gasteiger partial charge is 0.258 e. The third kappa shape index (κ3) is 4.08. The lowest BCUT2D eigenvalue weighted by Gasteiger charge is -2.04. The topological polar surface area (TPSA) is 84.8 Å². The maximum atomic E-state index is 13.1. The van der Waals surface area contributed by atoms with Gasteiger partial charge in [0.25, 0.3) is 5.69 Å². The van der Waals surface area contributed by atoms with Gasteiger partial charge in [0.05, 0.1) is 28.8 Å². The number of benzene rings is 2. The molecule has 1 aromatic heterocycles. The van der Waals surface area contributed by atoms with Gasteiger partial charge in [0, 0.05) is 17.7 Å². The third-order valence-corrected chi connectivity index (χ3v) is 4.55. The number of hydrogen-bond donors (Lipinski definition) is 0. The molecular weight excluding hydrogens is 383 g/mol. The van der Waals surface area contributed by atoms with Crippen LogP contribution in [0, 0.1) is 34.2 Å². The summed E-state index contributed by atoms with van der Waals surface area (Å²) in [5.41, 5.74) is 2.83. The SMILES string of the molecule is Cc1nn(Cc2ccc(F)cc2)c(Cl)c1/C=C(\C#N)c1ccc([N+](=O)[O-])cc1. The summed E-state index contributed by atoms with van der Waals surface area (Å²) >= 11 is 6.45. The van der Waals surface area contributed by atoms with Crippen molar-refractivity contribution in [2.45, 2.75) is 13.5 Å². The summed E-state index contributed by atoms with van der Waals surface area (Å²) in [6.07, 6.45) is 1.60. The zero-order valence-electron chi connectivity index (χ0n) is 14.8. The molecule has 0 unspecified atom stereocenters. The van der Waals surface area contributed by atoms with Crippen molar-refractivity contribution in [3.63, 3.8) is 0 Å². The van der Waals surface area contributed by atoms with Crippen molar-refractivity contribution in [2.75, 3.05) is 0 Å². The fourth-order valence-electron chi connectivity index (χ4n) is 2.69. The monoisotopic (exact) mass is 396 g/mol. The van der Waals surface area contributed by atoms with Crippen LogP contribution >= 0.6 is 11.6 Å². The quantitative estimate of drug-likeness (QED) is 0.345. The standard InChI is InChI=1S/C20H14ClFN4O2/c1-13-19(10-16(11-23)15-4-8-18(9-5-15)26(27)28)20(21)25(24-13)12-14-2-6-17(22)7-3-14/h2-10H,12H2,1H3/b16-10+. The third-order valence-electron chi connectivity index (χ3n) is 4.15. The average Bonchev–Trinajstić information content (AvgIpc) is 2.94. The molecule has 8 heteroatoms. The lowest BCUT2D eigenvalue weighted by molar-refractivity contribution is -0.384. The molecule has 140 valence electrons. The number of nitrogens with zero attached hydrogens (tertiary/aromatic N) is 4. The van der Waals surface area contributed by atoms with Crippen molar-refractivity contribution in [2.24, 2.45) is 0 Å². The van der Waals surface area contributed by atoms with Gasteiger partial charge in [-0.2, -0.15) is 10.4 Å². The van der Waals surface area contributed by atoms with E-state index in [2.05, 4.69) is 11.2 Å². The van der Waals surface area contributed by atoms with E-state index in [1.807, 2.05) is 0 Å². The van der Waals surface area contributed by atoms with E-state index in [9.17, 15) is 19.8 Å². The van der Waals surface area contributed by atoms with Gasteiger partial charge < -0.3 is 0 Å². The number of non-ortho nitro benzene ring substituents is 1. The van der Waals surface area contributed by atoms with Crippen molar-refractivity contribution in [3.05, 3.63) is 92.0 Å². The lowest BCUT2D eigenvalue weighted by atomic mass is 10.0. The second-order valence-electron chi connectivity index (χ2n) is 6.05. The molecule has 0 radical (unpaired) electrons. The van der Waals surface area contributed by atoms with Gasteiger partial charge in [-0.1, -0.05) is 23.7 Å². The van der Waals surface area contributed by atoms with Gasteiger partial charge in [-0.25, -0.2) is 9.07 Å². The first-order valence-electron chi connectivity index (χ1n) is 8.23. The number of nitro groups is 1. The van der Waals surface area contributed by atoms with Crippen LogP contribution in [0.3, 0.4) is 0 Å². The maximum Gasteiger partial charge on any atom is 0.269 e. The van der Waals surface area contributed by atoms with Gasteiger partial charge in [0.15, 0.2) is 0 Å². The Labute approximate surface area is 165 Å². The number of rotatable bonds is 5. The number of hydrogen-bond acceptors (Lipinski definition) is 4. The maximum absolute atomic E-state index is 13.1. The van der Waals surface area contributed by atoms with E-state index in [1.165, 1.54) is 36.4 Å². The summed E-state index contributed by atoms with van der Waals surface area (Å²) in [6, 6.07) is 13.8. The predicted molar refractivity (Wildman–Crippen MR) is 104 cm³/mol. The van der Waals surface area contributed by atoms with Crippen LogP contribution < -0.4 is 0 Å². The molecule has 28 heavy (non-hydrogen) atoms. The van der Waals surface area contributed by atoms with Crippen LogP contribution in [0.15, 0.2) is 48.5 Å². The van der Waals surface area contributed by atoms with Crippen LogP contribution in [-0.4, -0.2) is 14.7 Å². The summed E-state index contributed by atoms with van der Waals surface area (Å²) in [5, 5.41) is 25.0. The van der Waals surface area contributed by atoms with E-state index in [1.54, 1.807) is 29.8 Å². The van der Waals surface area contributed by atoms with Crippen molar-refractivity contribution in [1.82, 2.24) is 9.78 Å². The van der Waals surface area contributed by atoms with Crippen LogP contribution in [0.2, 0.25) is 5.15 Å². The molecule has 0 atom stereocenters. The molecule has 0 spiro atoms. The summed E-state index contributed by atoms with van der Waals surface area (Å²) in [5.74, 6) is -0.322. The second-order valence-corrected chi connectivity index (χ2v) is 6.41. The highest BCUT2D eigenvalue weighted by Crippen LogP contribution is 2.27. The zero-order valence-corrected chi connectivity index (χ0v) is 15.5. The molecular formula is C20H14ClFN4O2. The summed E-state index contributed by atoms with van der Waals surface area (Å²) in [7, 11) is 0. The Morgan fingerprint density at radius 1 is 1.29 bits per heavy atom. The highest BCUT2D eigenvalue weighted by molar-refractivity contribution is 6.31. The number of nitro benzene ring substituents is 1. The van der Waals surface area contributed by atoms with Gasteiger partial charge in [0.2, 0.25) is 0 Å². The molecule has 6 nitrogen and oxygen atoms in total. The van der Waals surface area contributed by atoms with Gasteiger partial charge in [0.1, 0.15) is 11.0 Å². The van der Waals surface area contributed by atoms with Gasteiger partial charge in [-0.15, -0.1) is 0 Å². The van der Waals surface area contributed by atoms with E-state index in [0.29, 0.717) is 34.1 Å². The van der Waals surface area contributed by atoms with Crippen molar-refractivity contribution in [1.29, 1.82) is 5.26 Å². The van der Waals surface area contributed by atoms with Crippen LogP contribution in [0.1, 0.15) is 22.4 Å². The first-order chi connectivity index (χ1) is 13.4. The molecule has 0 bridgehead atoms. The molecule has 2 aromatic carbocycles. The Bertz CT molecular complexity index is 1100. The molecule has 1 heterocycles. The first-order valence-corrected chi connectivity index (χ1v) is 8.61. The van der Waals surface area contributed by atoms with E-state index in [4.69, 9.17) is 11.6 Å². The molecule has 0 saturated heterocycles. The van der Waals surface area contributed by atoms with E-state index in [0.717, 1.165) is 5.56 Å². The Morgan fingerprint density at radius 3 is 2.50 bits per heavy atom. The zero-order chi connectivity index (χ0) is 20.3. The van der Waals surface area contributed by atoms with E-state index >= 15 is 0 Å². The normalized spacial score (nSPS) is 11.3. The predicted octanol–water partition coefficient (Wildman–Crippen LogP) is 5.00. The molecule has 0 saturated carbocycles. The largest absolute Gasteiger partial charge is 0.269 e. The minimum atomic E-state index is -0.500. The van der Waals surface area contributed by atoms with Crippen LogP contribution in [-0.2, 0) is 6.54 Å². The molecule has 0 N–H and O–H groups in total. The van der Waals surface area contributed by atoms with Crippen LogP contribution in [0.4, 0.5) is 10.1 Å². The van der Waals surface area contributed by atoms with Gasteiger partial charge in [-0.05, 0) is 48.4 Å². The molecule has 0 fully saturated rings. The van der Waals surface area contributed by atoms with E-state index < -0.39 is 4.92 Å². The summed E-state index contributed by atoms with van der Waals surface area (Å²) in [6.45, 7) is 2.12. The average molecular weight is 397 g/mol. The van der Waals surface area contributed by atoms with Gasteiger partial charge >= 0.3 is 0 Å². The highest BCUT2D eigenvalue weighted by Gasteiger charge is 2.14. The lowest BCUT2D eigenvalue weighted by Crippen LogP contribution is -2.02. The summed E-state index contributed by atoms with van der Waals surface area (Å²) < 4.78 is 14.6. The molecule has 3 rings (SSSR count). The molecule has 3 aromatic rings. The molecule has 0 aliphatic carbocycles. The Morgan fingerprint density at radius 2 is 1.93 bits per heavy atom. The first kappa shape index (κ1) is 19.3. The minimum absolute atomic E-state index is 0.0534. The van der Waals surface area contributed by atoms with Crippen LogP contribution in [0.5, 0.6) is 0 Å². The number of halogens is 2. The van der Waals surface area contributed by atoms with Crippen LogP contribution in [0.25, 0.3) is 11.6 Å². The number of allylic oxidation sites excluding steroid dienone is 1. The van der Waals surface area contributed by atoms with E-state index in [-0.39, 0.29) is 11.5 Å². The van der Waals surface area contributed by atoms with Crippen molar-refractivity contribution in [3.8, 4) is 6.07 Å². The Kier molecular flexibility index (Phi) is 5.52. The summed E-state index contributed by atoms with van der Waals surface area (Å²) in [4.78, 5) is 10.3. The Balaban J connectivity index is 1.93. The molecule has 0 aliphatic heterocycles. The van der Waals surface area contributed by atoms with Crippen molar-refractivity contribution < 1.29 is 9.31 Å². The Hall–Kier alpha value is -3.50. The number of aryl methyl sites for hydroxylation is 1. The fourth-order valence-corrected chi connectivity index (χ4v) is 2.97. The molecule has 0 amide bonds. The fraction of sp³-hybridized carbons (Fsp3) is 0.100. The number of aromatic nitrogens is 2. The van der Waals surface area contributed by atoms with Crippen molar-refractivity contribution >= 4 is 28.9 Å². The van der Waals surface area contributed by atoms with Gasteiger partial charge in [-0.3, -0.25) is 10.1 Å². The second kappa shape index (κ2) is 8.03. The number of nitriles is 1.